The third kappa shape index (κ3) is 5.08. The summed E-state index contributed by atoms with van der Waals surface area (Å²) in [4.78, 5) is 32.0. The van der Waals surface area contributed by atoms with Gasteiger partial charge in [0.05, 0.1) is 21.4 Å². The normalized spacial score (nSPS) is 20.4. The number of thioether (sulfide) groups is 1. The monoisotopic (exact) mass is 497 g/mol. The Bertz CT molecular complexity index is 1090. The highest BCUT2D eigenvalue weighted by Crippen LogP contribution is 2.38. The Hall–Kier alpha value is -2.16. The van der Waals surface area contributed by atoms with Crippen LogP contribution >= 0.6 is 35.0 Å². The molecule has 1 heterocycles. The molecule has 2 aromatic rings. The fourth-order valence-corrected chi connectivity index (χ4v) is 5.32. The van der Waals surface area contributed by atoms with Crippen molar-refractivity contribution in [3.63, 3.8) is 0 Å². The maximum atomic E-state index is 13.9. The molecular weight excluding hydrogens is 479 g/mol. The van der Waals surface area contributed by atoms with Gasteiger partial charge in [-0.2, -0.15) is 0 Å². The van der Waals surface area contributed by atoms with Crippen molar-refractivity contribution in [1.29, 1.82) is 0 Å². The number of anilines is 1. The molecule has 32 heavy (non-hydrogen) atoms. The maximum Gasteiger partial charge on any atom is 0.242 e. The van der Waals surface area contributed by atoms with Crippen molar-refractivity contribution in [2.24, 2.45) is 4.99 Å². The quantitative estimate of drug-likeness (QED) is 0.536. The number of hydrogen-bond acceptors (Lipinski definition) is 4. The summed E-state index contributed by atoms with van der Waals surface area (Å²) in [6.07, 6.45) is 3.62. The van der Waals surface area contributed by atoms with Crippen molar-refractivity contribution in [2.45, 2.75) is 43.4 Å². The van der Waals surface area contributed by atoms with Crippen molar-refractivity contribution < 1.29 is 18.4 Å². The lowest BCUT2D eigenvalue weighted by molar-refractivity contribution is -0.129. The average Bonchev–Trinajstić information content (AvgIpc) is 3.35. The third-order valence-corrected chi connectivity index (χ3v) is 7.25. The third-order valence-electron chi connectivity index (χ3n) is 5.36. The second-order valence-electron chi connectivity index (χ2n) is 7.62. The van der Waals surface area contributed by atoms with E-state index in [1.165, 1.54) is 11.8 Å². The molecular formula is C22H19Cl2F2N3O2S. The zero-order chi connectivity index (χ0) is 22.8. The van der Waals surface area contributed by atoms with E-state index in [4.69, 9.17) is 23.2 Å². The summed E-state index contributed by atoms with van der Waals surface area (Å²) in [6, 6.07) is 7.87. The molecule has 0 radical (unpaired) electrons. The van der Waals surface area contributed by atoms with Gasteiger partial charge < -0.3 is 5.32 Å². The van der Waals surface area contributed by atoms with Crippen LogP contribution in [0.2, 0.25) is 10.0 Å². The highest BCUT2D eigenvalue weighted by molar-refractivity contribution is 8.15. The SMILES string of the molecule is O=C(C[C@H]1SC(=Nc2ccc(Cl)c(Cl)c2)N(C2CCCC2)C1=O)Nc1ccc(F)cc1F. The van der Waals surface area contributed by atoms with E-state index in [2.05, 4.69) is 10.3 Å². The first-order chi connectivity index (χ1) is 15.3. The molecule has 0 unspecified atom stereocenters. The predicted octanol–water partition coefficient (Wildman–Crippen LogP) is 6.17. The smallest absolute Gasteiger partial charge is 0.242 e. The van der Waals surface area contributed by atoms with Gasteiger partial charge in [0.15, 0.2) is 5.17 Å². The van der Waals surface area contributed by atoms with Crippen molar-refractivity contribution >= 4 is 63.3 Å². The van der Waals surface area contributed by atoms with Crippen molar-refractivity contribution in [3.05, 3.63) is 58.1 Å². The number of nitrogens with zero attached hydrogens (tertiary/aromatic N) is 2. The highest BCUT2D eigenvalue weighted by atomic mass is 35.5. The molecule has 1 saturated heterocycles. The van der Waals surface area contributed by atoms with Crippen LogP contribution in [-0.4, -0.2) is 33.2 Å². The summed E-state index contributed by atoms with van der Waals surface area (Å²) in [7, 11) is 0. The number of benzene rings is 2. The molecule has 0 spiro atoms. The van der Waals surface area contributed by atoms with Crippen LogP contribution in [0.4, 0.5) is 20.2 Å². The molecule has 1 saturated carbocycles. The van der Waals surface area contributed by atoms with Crippen LogP contribution in [0, 0.1) is 11.6 Å². The molecule has 168 valence electrons. The van der Waals surface area contributed by atoms with E-state index < -0.39 is 22.8 Å². The minimum absolute atomic E-state index is 0.0270. The molecule has 1 N–H and O–H groups in total. The van der Waals surface area contributed by atoms with Gasteiger partial charge in [0.2, 0.25) is 11.8 Å². The van der Waals surface area contributed by atoms with Gasteiger partial charge in [0.25, 0.3) is 0 Å². The van der Waals surface area contributed by atoms with Crippen LogP contribution in [0.5, 0.6) is 0 Å². The van der Waals surface area contributed by atoms with Gasteiger partial charge >= 0.3 is 0 Å². The zero-order valence-electron chi connectivity index (χ0n) is 16.8. The Kier molecular flexibility index (Phi) is 7.02. The van der Waals surface area contributed by atoms with E-state index in [0.717, 1.165) is 37.8 Å². The van der Waals surface area contributed by atoms with Gasteiger partial charge in [0.1, 0.15) is 16.9 Å². The highest BCUT2D eigenvalue weighted by Gasteiger charge is 2.43. The van der Waals surface area contributed by atoms with E-state index in [0.29, 0.717) is 27.0 Å². The average molecular weight is 498 g/mol. The topological polar surface area (TPSA) is 61.8 Å². The number of hydrogen-bond donors (Lipinski definition) is 1. The largest absolute Gasteiger partial charge is 0.324 e. The molecule has 4 rings (SSSR count). The summed E-state index contributed by atoms with van der Waals surface area (Å²) in [5.74, 6) is -2.35. The molecule has 2 aliphatic rings. The molecule has 1 atom stereocenters. The summed E-state index contributed by atoms with van der Waals surface area (Å²) in [5, 5.41) is 2.98. The number of carbonyl (C=O) groups is 2. The number of halogens is 4. The number of nitrogens with one attached hydrogen (secondary N) is 1. The molecule has 2 aromatic carbocycles. The summed E-state index contributed by atoms with van der Waals surface area (Å²) < 4.78 is 26.9. The zero-order valence-corrected chi connectivity index (χ0v) is 19.1. The van der Waals surface area contributed by atoms with Crippen molar-refractivity contribution in [1.82, 2.24) is 4.90 Å². The Balaban J connectivity index is 1.54. The van der Waals surface area contributed by atoms with Gasteiger partial charge in [0, 0.05) is 18.5 Å². The van der Waals surface area contributed by atoms with Crippen LogP contribution in [0.1, 0.15) is 32.1 Å². The molecule has 2 fully saturated rings. The van der Waals surface area contributed by atoms with Crippen molar-refractivity contribution in [2.75, 3.05) is 5.32 Å². The number of amides is 2. The summed E-state index contributed by atoms with van der Waals surface area (Å²) >= 11 is 13.3. The molecule has 2 amide bonds. The fraction of sp³-hybridized carbons (Fsp3) is 0.318. The number of aliphatic imine (C=N–C) groups is 1. The first kappa shape index (κ1) is 23.0. The number of carbonyl (C=O) groups excluding carboxylic acids is 2. The summed E-state index contributed by atoms with van der Waals surface area (Å²) in [5.41, 5.74) is 0.417. The van der Waals surface area contributed by atoms with Crippen molar-refractivity contribution in [3.8, 4) is 0 Å². The van der Waals surface area contributed by atoms with E-state index in [1.54, 1.807) is 23.1 Å². The fourth-order valence-electron chi connectivity index (χ4n) is 3.82. The first-order valence-corrected chi connectivity index (χ1v) is 11.7. The molecule has 1 aliphatic carbocycles. The molecule has 0 aromatic heterocycles. The van der Waals surface area contributed by atoms with Gasteiger partial charge in [-0.1, -0.05) is 47.8 Å². The lowest BCUT2D eigenvalue weighted by Gasteiger charge is -2.23. The van der Waals surface area contributed by atoms with Crippen LogP contribution < -0.4 is 5.32 Å². The van der Waals surface area contributed by atoms with E-state index in [1.807, 2.05) is 0 Å². The van der Waals surface area contributed by atoms with E-state index in [-0.39, 0.29) is 24.1 Å². The van der Waals surface area contributed by atoms with Gasteiger partial charge in [-0.25, -0.2) is 13.8 Å². The van der Waals surface area contributed by atoms with Gasteiger partial charge in [-0.3, -0.25) is 14.5 Å². The number of amidine groups is 1. The van der Waals surface area contributed by atoms with Gasteiger partial charge in [-0.05, 0) is 43.2 Å². The molecule has 10 heteroatoms. The minimum Gasteiger partial charge on any atom is -0.324 e. The Morgan fingerprint density at radius 3 is 2.56 bits per heavy atom. The standard InChI is InChI=1S/C22H19Cl2F2N3O2S/c23-15-7-6-13(10-16(15)24)27-22-29(14-3-1-2-4-14)21(31)19(32-22)11-20(30)28-18-8-5-12(25)9-17(18)26/h5-10,14,19H,1-4,11H2,(H,28,30)/t19-/m1/s1. The van der Waals surface area contributed by atoms with E-state index >= 15 is 0 Å². The number of rotatable bonds is 5. The predicted molar refractivity (Wildman–Crippen MR) is 124 cm³/mol. The Morgan fingerprint density at radius 2 is 1.88 bits per heavy atom. The minimum atomic E-state index is -0.877. The second kappa shape index (κ2) is 9.77. The lowest BCUT2D eigenvalue weighted by atomic mass is 10.2. The molecule has 1 aliphatic heterocycles. The van der Waals surface area contributed by atoms with Crippen LogP contribution in [0.25, 0.3) is 0 Å². The Labute approximate surface area is 198 Å². The molecule has 5 nitrogen and oxygen atoms in total. The Morgan fingerprint density at radius 1 is 1.12 bits per heavy atom. The lowest BCUT2D eigenvalue weighted by Crippen LogP contribution is -2.40. The molecule has 0 bridgehead atoms. The van der Waals surface area contributed by atoms with Crippen LogP contribution in [0.3, 0.4) is 0 Å². The van der Waals surface area contributed by atoms with Crippen LogP contribution in [0.15, 0.2) is 41.4 Å². The van der Waals surface area contributed by atoms with Crippen LogP contribution in [-0.2, 0) is 9.59 Å². The van der Waals surface area contributed by atoms with Gasteiger partial charge in [-0.15, -0.1) is 0 Å². The first-order valence-electron chi connectivity index (χ1n) is 10.1. The second-order valence-corrected chi connectivity index (χ2v) is 9.61. The maximum absolute atomic E-state index is 13.9. The summed E-state index contributed by atoms with van der Waals surface area (Å²) in [6.45, 7) is 0. The van der Waals surface area contributed by atoms with E-state index in [9.17, 15) is 18.4 Å².